The number of nitrogens with zero attached hydrogens (tertiary/aromatic N) is 7. The Labute approximate surface area is 223 Å². The Morgan fingerprint density at radius 1 is 1.24 bits per heavy atom. The van der Waals surface area contributed by atoms with Gasteiger partial charge in [-0.1, -0.05) is 18.2 Å². The third kappa shape index (κ3) is 4.93. The number of phenols is 1. The Bertz CT molecular complexity index is 1720. The van der Waals surface area contributed by atoms with E-state index in [2.05, 4.69) is 34.9 Å². The molecule has 1 aliphatic heterocycles. The first kappa shape index (κ1) is 25.7. The van der Waals surface area contributed by atoms with Crippen LogP contribution in [0.5, 0.6) is 5.75 Å². The average molecular weight is 575 g/mol. The smallest absolute Gasteiger partial charge is 0.296 e. The average Bonchev–Trinajstić information content (AvgIpc) is 3.24. The minimum absolute atomic E-state index is 0.0621. The fourth-order valence-electron chi connectivity index (χ4n) is 3.88. The first-order chi connectivity index (χ1) is 18.0. The molecule has 5 rings (SSSR count). The molecule has 2 heterocycles. The molecule has 38 heavy (non-hydrogen) atoms. The molecule has 0 saturated heterocycles. The third-order valence-electron chi connectivity index (χ3n) is 5.51. The molecule has 14 nitrogen and oxygen atoms in total. The van der Waals surface area contributed by atoms with Crippen LogP contribution in [0.3, 0.4) is 0 Å². The molecular weight excluding hydrogens is 560 g/mol. The second-order valence-electron chi connectivity index (χ2n) is 8.00. The van der Waals surface area contributed by atoms with Gasteiger partial charge >= 0.3 is 0 Å². The normalized spacial score (nSPS) is 18.9. The highest BCUT2D eigenvalue weighted by Crippen LogP contribution is 2.45. The number of aromatic nitrogens is 3. The summed E-state index contributed by atoms with van der Waals surface area (Å²) >= 11 is 7.02. The largest absolute Gasteiger partial charge is 0.505 e. The lowest BCUT2D eigenvalue weighted by Gasteiger charge is -2.14. The van der Waals surface area contributed by atoms with Crippen LogP contribution >= 0.6 is 23.5 Å². The lowest BCUT2D eigenvalue weighted by atomic mass is 9.98. The Hall–Kier alpha value is -3.99. The second kappa shape index (κ2) is 9.71. The fourth-order valence-corrected chi connectivity index (χ4v) is 5.60. The van der Waals surface area contributed by atoms with Gasteiger partial charge in [-0.05, 0) is 48.0 Å². The molecule has 0 amide bonds. The number of hydrogen-bond donors (Lipinski definition) is 3. The van der Waals surface area contributed by atoms with Crippen LogP contribution in [0, 0.1) is 23.0 Å². The van der Waals surface area contributed by atoms with Crippen molar-refractivity contribution in [2.24, 2.45) is 20.5 Å². The van der Waals surface area contributed by atoms with Crippen LogP contribution in [-0.2, 0) is 10.1 Å². The standard InChI is InChI=1S/C21H15ClN8O6S2/c1-9-23-20(22)26-21(24-9)25-13-4-2-3-10-7-15(38(34,35)36)17(18(31)16(10)13)27-28-19-12-8-11(30(32)33)5-6-14(12)37-29-19/h2-8,12,14,31H,1H3,(H,34,35,36)(H,23,24,25,26). The van der Waals surface area contributed by atoms with Crippen molar-refractivity contribution in [3.63, 3.8) is 0 Å². The van der Waals surface area contributed by atoms with Gasteiger partial charge in [-0.2, -0.15) is 22.8 Å². The number of allylic oxidation sites excluding steroid dienone is 1. The summed E-state index contributed by atoms with van der Waals surface area (Å²) < 4.78 is 38.4. The van der Waals surface area contributed by atoms with Gasteiger partial charge in [-0.3, -0.25) is 14.7 Å². The van der Waals surface area contributed by atoms with Gasteiger partial charge in [0, 0.05) is 17.5 Å². The molecule has 1 aliphatic carbocycles. The van der Waals surface area contributed by atoms with Crippen LogP contribution in [-0.4, -0.2) is 49.0 Å². The number of hydrogen-bond acceptors (Lipinski definition) is 13. The van der Waals surface area contributed by atoms with Crippen LogP contribution in [0.15, 0.2) is 67.7 Å². The monoisotopic (exact) mass is 574 g/mol. The molecular formula is C21H15ClN8O6S2. The van der Waals surface area contributed by atoms with Crippen LogP contribution in [0.2, 0.25) is 5.28 Å². The van der Waals surface area contributed by atoms with Crippen LogP contribution in [0.4, 0.5) is 17.3 Å². The highest BCUT2D eigenvalue weighted by molar-refractivity contribution is 7.99. The van der Waals surface area contributed by atoms with Crippen molar-refractivity contribution in [3.05, 3.63) is 69.4 Å². The zero-order valence-corrected chi connectivity index (χ0v) is 21.4. The molecule has 0 saturated carbocycles. The van der Waals surface area contributed by atoms with Crippen LogP contribution in [0.25, 0.3) is 10.8 Å². The molecule has 1 aromatic heterocycles. The van der Waals surface area contributed by atoms with Crippen molar-refractivity contribution >= 4 is 67.6 Å². The van der Waals surface area contributed by atoms with E-state index in [4.69, 9.17) is 11.6 Å². The van der Waals surface area contributed by atoms with E-state index in [1.807, 2.05) is 0 Å². The molecule has 0 spiro atoms. The lowest BCUT2D eigenvalue weighted by Crippen LogP contribution is -2.20. The molecule has 194 valence electrons. The molecule has 3 N–H and O–H groups in total. The van der Waals surface area contributed by atoms with Gasteiger partial charge in [0.25, 0.3) is 15.8 Å². The Balaban J connectivity index is 1.61. The highest BCUT2D eigenvalue weighted by Gasteiger charge is 2.35. The topological polar surface area (TPSA) is 206 Å². The first-order valence-electron chi connectivity index (χ1n) is 10.6. The zero-order chi connectivity index (χ0) is 27.2. The number of fused-ring (bicyclic) bond motifs is 2. The molecule has 17 heteroatoms. The molecule has 2 atom stereocenters. The summed E-state index contributed by atoms with van der Waals surface area (Å²) in [6, 6.07) is 5.79. The molecule has 2 unspecified atom stereocenters. The highest BCUT2D eigenvalue weighted by atomic mass is 35.5. The number of nitrogens with one attached hydrogen (secondary N) is 1. The summed E-state index contributed by atoms with van der Waals surface area (Å²) in [5.74, 6) is -0.739. The van der Waals surface area contributed by atoms with Crippen LogP contribution in [0.1, 0.15) is 5.82 Å². The third-order valence-corrected chi connectivity index (χ3v) is 7.53. The Morgan fingerprint density at radius 3 is 2.74 bits per heavy atom. The Kier molecular flexibility index (Phi) is 6.56. The number of rotatable bonds is 5. The van der Waals surface area contributed by atoms with Gasteiger partial charge in [0.15, 0.2) is 11.6 Å². The number of halogens is 1. The minimum atomic E-state index is -4.86. The van der Waals surface area contributed by atoms with E-state index in [9.17, 15) is 28.2 Å². The van der Waals surface area contributed by atoms with E-state index in [0.717, 1.165) is 18.0 Å². The van der Waals surface area contributed by atoms with E-state index >= 15 is 0 Å². The van der Waals surface area contributed by atoms with Crippen molar-refractivity contribution in [2.45, 2.75) is 17.1 Å². The number of benzene rings is 2. The van der Waals surface area contributed by atoms with E-state index in [0.29, 0.717) is 5.82 Å². The van der Waals surface area contributed by atoms with E-state index in [1.165, 1.54) is 18.2 Å². The molecule has 0 radical (unpaired) electrons. The minimum Gasteiger partial charge on any atom is -0.505 e. The van der Waals surface area contributed by atoms with Gasteiger partial charge < -0.3 is 10.4 Å². The molecule has 0 bridgehead atoms. The van der Waals surface area contributed by atoms with Crippen LogP contribution < -0.4 is 5.32 Å². The van der Waals surface area contributed by atoms with Gasteiger partial charge in [0.1, 0.15) is 16.4 Å². The summed E-state index contributed by atoms with van der Waals surface area (Å²) in [6.07, 6.45) is 4.35. The van der Waals surface area contributed by atoms with Crippen molar-refractivity contribution in [1.82, 2.24) is 15.0 Å². The number of phenolic OH excluding ortho intramolecular Hbond substituents is 1. The van der Waals surface area contributed by atoms with Gasteiger partial charge in [0.2, 0.25) is 11.2 Å². The van der Waals surface area contributed by atoms with Crippen molar-refractivity contribution in [3.8, 4) is 5.75 Å². The summed E-state index contributed by atoms with van der Waals surface area (Å²) in [7, 11) is -4.86. The molecule has 2 aromatic carbocycles. The SMILES string of the molecule is Cc1nc(Cl)nc(Nc2cccc3cc(S(=O)(=O)O)c(N=NC4=NSC5C=CC([N+](=O)[O-])=CC45)c(O)c23)n1. The van der Waals surface area contributed by atoms with E-state index < -0.39 is 37.3 Å². The van der Waals surface area contributed by atoms with Crippen molar-refractivity contribution in [2.75, 3.05) is 5.32 Å². The number of amidine groups is 1. The number of aryl methyl sites for hydroxylation is 1. The molecule has 3 aromatic rings. The fraction of sp³-hybridized carbons (Fsp3) is 0.143. The summed E-state index contributed by atoms with van der Waals surface area (Å²) in [5, 5.41) is 33.2. The predicted molar refractivity (Wildman–Crippen MR) is 139 cm³/mol. The number of aromatic hydroxyl groups is 1. The second-order valence-corrected chi connectivity index (χ2v) is 10.7. The number of azo groups is 1. The molecule has 2 aliphatic rings. The van der Waals surface area contributed by atoms with Gasteiger partial charge in [0.05, 0.1) is 21.8 Å². The van der Waals surface area contributed by atoms with Gasteiger partial charge in [-0.15, -0.1) is 10.2 Å². The summed E-state index contributed by atoms with van der Waals surface area (Å²) in [6.45, 7) is 1.61. The number of anilines is 2. The maximum absolute atomic E-state index is 12.2. The van der Waals surface area contributed by atoms with Crippen molar-refractivity contribution in [1.29, 1.82) is 0 Å². The van der Waals surface area contributed by atoms with E-state index in [1.54, 1.807) is 25.1 Å². The summed E-state index contributed by atoms with van der Waals surface area (Å²) in [4.78, 5) is 21.9. The lowest BCUT2D eigenvalue weighted by molar-refractivity contribution is -0.419. The Morgan fingerprint density at radius 2 is 2.03 bits per heavy atom. The zero-order valence-electron chi connectivity index (χ0n) is 19.0. The van der Waals surface area contributed by atoms with Gasteiger partial charge in [-0.25, -0.2) is 4.98 Å². The predicted octanol–water partition coefficient (Wildman–Crippen LogP) is 4.54. The maximum atomic E-state index is 12.2. The summed E-state index contributed by atoms with van der Waals surface area (Å²) in [5.41, 5.74) is -0.432. The van der Waals surface area contributed by atoms with E-state index in [-0.39, 0.29) is 44.5 Å². The number of nitro groups is 1. The molecule has 0 fully saturated rings. The van der Waals surface area contributed by atoms with Crippen molar-refractivity contribution < 1.29 is 23.0 Å². The quantitative estimate of drug-likeness (QED) is 0.127. The maximum Gasteiger partial charge on any atom is 0.296 e. The first-order valence-corrected chi connectivity index (χ1v) is 13.3.